The number of nitrogens with zero attached hydrogens (tertiary/aromatic N) is 3. The summed E-state index contributed by atoms with van der Waals surface area (Å²) in [5.74, 6) is -0.559. The SMILES string of the molecule is CCCC(=O)On1cc(O)n(-c2c(C)nc(CC(C)C)c(CN)c2-c2ccc(C)cc2)c1=O. The topological polar surface area (TPSA) is 112 Å². The standard InChI is InChI=1S/C25H32N4O4/c1-6-7-22(31)33-28-14-21(30)29(25(28)32)24-17(5)27-20(12-15(2)3)19(13-26)23(24)18-10-8-16(4)9-11-18/h8-11,14-15,30H,6-7,12-13,26H2,1-5H3. The Morgan fingerprint density at radius 1 is 1.21 bits per heavy atom. The third kappa shape index (κ3) is 5.01. The van der Waals surface area contributed by atoms with E-state index in [1.54, 1.807) is 6.92 Å². The number of aromatic hydroxyl groups is 1. The second-order valence-corrected chi connectivity index (χ2v) is 8.66. The molecule has 0 bridgehead atoms. The van der Waals surface area contributed by atoms with Gasteiger partial charge in [-0.15, -0.1) is 4.73 Å². The number of rotatable bonds is 8. The summed E-state index contributed by atoms with van der Waals surface area (Å²) in [4.78, 5) is 35.1. The molecule has 0 saturated heterocycles. The van der Waals surface area contributed by atoms with Gasteiger partial charge in [0.25, 0.3) is 0 Å². The van der Waals surface area contributed by atoms with Crippen LogP contribution in [0.5, 0.6) is 5.88 Å². The number of carbonyl (C=O) groups is 1. The van der Waals surface area contributed by atoms with Crippen LogP contribution >= 0.6 is 0 Å². The Hall–Kier alpha value is -3.39. The first-order valence-corrected chi connectivity index (χ1v) is 11.2. The molecule has 176 valence electrons. The number of aryl methyl sites for hydroxylation is 2. The van der Waals surface area contributed by atoms with Crippen LogP contribution in [0.4, 0.5) is 0 Å². The van der Waals surface area contributed by atoms with Crippen molar-refractivity contribution >= 4 is 5.97 Å². The summed E-state index contributed by atoms with van der Waals surface area (Å²) in [5.41, 5.74) is 10.9. The van der Waals surface area contributed by atoms with Crippen LogP contribution in [0.15, 0.2) is 35.3 Å². The van der Waals surface area contributed by atoms with Crippen LogP contribution in [0.25, 0.3) is 16.8 Å². The first-order chi connectivity index (χ1) is 15.7. The van der Waals surface area contributed by atoms with Crippen molar-refractivity contribution in [1.82, 2.24) is 14.3 Å². The molecule has 0 aliphatic heterocycles. The molecule has 0 saturated carbocycles. The van der Waals surface area contributed by atoms with E-state index in [4.69, 9.17) is 15.6 Å². The zero-order valence-corrected chi connectivity index (χ0v) is 19.9. The van der Waals surface area contributed by atoms with Gasteiger partial charge in [-0.3, -0.25) is 4.98 Å². The van der Waals surface area contributed by atoms with Gasteiger partial charge in [-0.25, -0.2) is 14.2 Å². The minimum absolute atomic E-state index is 0.162. The average molecular weight is 453 g/mol. The van der Waals surface area contributed by atoms with Gasteiger partial charge in [-0.2, -0.15) is 0 Å². The molecular formula is C25H32N4O4. The molecule has 0 radical (unpaired) electrons. The van der Waals surface area contributed by atoms with E-state index in [2.05, 4.69) is 13.8 Å². The van der Waals surface area contributed by atoms with Gasteiger partial charge >= 0.3 is 11.7 Å². The van der Waals surface area contributed by atoms with Gasteiger partial charge in [0.05, 0.1) is 11.4 Å². The van der Waals surface area contributed by atoms with Gasteiger partial charge in [-0.1, -0.05) is 50.6 Å². The van der Waals surface area contributed by atoms with E-state index in [-0.39, 0.29) is 18.8 Å². The fourth-order valence-electron chi connectivity index (χ4n) is 3.92. The maximum absolute atomic E-state index is 13.2. The highest BCUT2D eigenvalue weighted by Crippen LogP contribution is 2.35. The normalized spacial score (nSPS) is 11.2. The molecule has 2 aromatic heterocycles. The van der Waals surface area contributed by atoms with Gasteiger partial charge in [-0.05, 0) is 43.7 Å². The molecule has 3 rings (SSSR count). The number of hydrogen-bond acceptors (Lipinski definition) is 6. The number of hydrogen-bond donors (Lipinski definition) is 2. The maximum atomic E-state index is 13.2. The van der Waals surface area contributed by atoms with Crippen molar-refractivity contribution in [1.29, 1.82) is 0 Å². The quantitative estimate of drug-likeness (QED) is 0.541. The molecule has 3 aromatic rings. The van der Waals surface area contributed by atoms with Crippen LogP contribution in [0, 0.1) is 19.8 Å². The van der Waals surface area contributed by atoms with Gasteiger partial charge in [0.1, 0.15) is 6.20 Å². The monoisotopic (exact) mass is 452 g/mol. The van der Waals surface area contributed by atoms with Crippen molar-refractivity contribution in [2.45, 2.75) is 60.4 Å². The number of benzene rings is 1. The summed E-state index contributed by atoms with van der Waals surface area (Å²) in [6.45, 7) is 10.1. The first kappa shape index (κ1) is 24.3. The van der Waals surface area contributed by atoms with E-state index in [0.717, 1.165) is 49.9 Å². The van der Waals surface area contributed by atoms with Crippen molar-refractivity contribution in [3.8, 4) is 22.7 Å². The summed E-state index contributed by atoms with van der Waals surface area (Å²) < 4.78 is 1.88. The van der Waals surface area contributed by atoms with E-state index in [0.29, 0.717) is 23.7 Å². The van der Waals surface area contributed by atoms with E-state index < -0.39 is 11.7 Å². The molecule has 0 fully saturated rings. The van der Waals surface area contributed by atoms with Gasteiger partial charge in [0.15, 0.2) is 0 Å². The van der Waals surface area contributed by atoms with Crippen LogP contribution in [-0.2, 0) is 17.8 Å². The van der Waals surface area contributed by atoms with Crippen LogP contribution < -0.4 is 16.3 Å². The van der Waals surface area contributed by atoms with Crippen LogP contribution in [0.1, 0.15) is 56.1 Å². The third-order valence-corrected chi connectivity index (χ3v) is 5.40. The van der Waals surface area contributed by atoms with E-state index in [1.165, 1.54) is 0 Å². The second kappa shape index (κ2) is 10.0. The molecular weight excluding hydrogens is 420 g/mol. The number of aromatic nitrogens is 3. The Morgan fingerprint density at radius 2 is 1.88 bits per heavy atom. The average Bonchev–Trinajstić information content (AvgIpc) is 3.01. The fraction of sp³-hybridized carbons (Fsp3) is 0.400. The Bertz CT molecular complexity index is 1210. The largest absolute Gasteiger partial charge is 0.493 e. The van der Waals surface area contributed by atoms with Crippen LogP contribution in [-0.4, -0.2) is 25.4 Å². The molecule has 0 aliphatic rings. The van der Waals surface area contributed by atoms with Crippen molar-refractivity contribution in [2.24, 2.45) is 11.7 Å². The third-order valence-electron chi connectivity index (χ3n) is 5.40. The van der Waals surface area contributed by atoms with Crippen LogP contribution in [0.3, 0.4) is 0 Å². The number of carbonyl (C=O) groups excluding carboxylic acids is 1. The molecule has 0 aliphatic carbocycles. The summed E-state index contributed by atoms with van der Waals surface area (Å²) >= 11 is 0. The van der Waals surface area contributed by atoms with Gasteiger partial charge in [0, 0.05) is 24.2 Å². The number of pyridine rings is 1. The lowest BCUT2D eigenvalue weighted by Crippen LogP contribution is -2.32. The molecule has 0 unspecified atom stereocenters. The smallest absolute Gasteiger partial charge is 0.369 e. The van der Waals surface area contributed by atoms with E-state index in [1.807, 2.05) is 38.1 Å². The van der Waals surface area contributed by atoms with Crippen molar-refractivity contribution in [3.63, 3.8) is 0 Å². The highest BCUT2D eigenvalue weighted by molar-refractivity contribution is 5.79. The lowest BCUT2D eigenvalue weighted by atomic mass is 9.92. The summed E-state index contributed by atoms with van der Waals surface area (Å²) in [5, 5.41) is 10.7. The molecule has 3 N–H and O–H groups in total. The van der Waals surface area contributed by atoms with E-state index >= 15 is 0 Å². The fourth-order valence-corrected chi connectivity index (χ4v) is 3.92. The Labute approximate surface area is 193 Å². The molecule has 0 amide bonds. The zero-order chi connectivity index (χ0) is 24.3. The van der Waals surface area contributed by atoms with Crippen molar-refractivity contribution in [2.75, 3.05) is 0 Å². The minimum Gasteiger partial charge on any atom is -0.493 e. The summed E-state index contributed by atoms with van der Waals surface area (Å²) in [7, 11) is 0. The van der Waals surface area contributed by atoms with Gasteiger partial charge < -0.3 is 15.7 Å². The summed E-state index contributed by atoms with van der Waals surface area (Å²) in [6.07, 6.45) is 2.56. The minimum atomic E-state index is -0.699. The van der Waals surface area contributed by atoms with Crippen molar-refractivity contribution in [3.05, 3.63) is 63.5 Å². The van der Waals surface area contributed by atoms with Gasteiger partial charge in [0.2, 0.25) is 5.88 Å². The Morgan fingerprint density at radius 3 is 2.45 bits per heavy atom. The summed E-state index contributed by atoms with van der Waals surface area (Å²) in [6, 6.07) is 7.90. The first-order valence-electron chi connectivity index (χ1n) is 11.2. The predicted molar refractivity (Wildman–Crippen MR) is 127 cm³/mol. The Balaban J connectivity index is 2.32. The molecule has 0 atom stereocenters. The molecule has 1 aromatic carbocycles. The second-order valence-electron chi connectivity index (χ2n) is 8.66. The number of imidazole rings is 1. The maximum Gasteiger partial charge on any atom is 0.369 e. The zero-order valence-electron chi connectivity index (χ0n) is 19.9. The lowest BCUT2D eigenvalue weighted by molar-refractivity contribution is -0.144. The van der Waals surface area contributed by atoms with Crippen molar-refractivity contribution < 1.29 is 14.7 Å². The lowest BCUT2D eigenvalue weighted by Gasteiger charge is -2.21. The molecule has 33 heavy (non-hydrogen) atoms. The van der Waals surface area contributed by atoms with Crippen LogP contribution in [0.2, 0.25) is 0 Å². The highest BCUT2D eigenvalue weighted by Gasteiger charge is 2.25. The highest BCUT2D eigenvalue weighted by atomic mass is 16.7. The molecule has 0 spiro atoms. The number of nitrogens with two attached hydrogens (primary N) is 1. The Kier molecular flexibility index (Phi) is 7.38. The molecule has 2 heterocycles. The van der Waals surface area contributed by atoms with E-state index in [9.17, 15) is 14.7 Å². The molecule has 8 nitrogen and oxygen atoms in total. The predicted octanol–water partition coefficient (Wildman–Crippen LogP) is 3.44. The molecule has 8 heteroatoms.